The van der Waals surface area contributed by atoms with Gasteiger partial charge < -0.3 is 10.3 Å². The number of hydrogen-bond donors (Lipinski definition) is 2. The van der Waals surface area contributed by atoms with E-state index in [1.165, 1.54) is 35.9 Å². The summed E-state index contributed by atoms with van der Waals surface area (Å²) >= 11 is 0. The molecular formula is C20H33N5O2S. The Morgan fingerprint density at radius 3 is 2.79 bits per heavy atom. The largest absolute Gasteiger partial charge is 0.330 e. The van der Waals surface area contributed by atoms with Crippen LogP contribution in [-0.4, -0.2) is 42.3 Å². The van der Waals surface area contributed by atoms with E-state index >= 15 is 0 Å². The minimum atomic E-state index is -3.11. The van der Waals surface area contributed by atoms with Gasteiger partial charge in [-0.25, -0.2) is 18.1 Å². The van der Waals surface area contributed by atoms with Crippen molar-refractivity contribution in [2.75, 3.05) is 19.3 Å². The van der Waals surface area contributed by atoms with Gasteiger partial charge in [0.05, 0.1) is 23.8 Å². The topological polar surface area (TPSA) is 103 Å². The molecule has 3 rings (SSSR count). The number of nitrogens with two attached hydrogens (primary N) is 1. The first-order valence-corrected chi connectivity index (χ1v) is 12.3. The Morgan fingerprint density at radius 2 is 2.04 bits per heavy atom. The molecule has 2 heterocycles. The lowest BCUT2D eigenvalue weighted by Gasteiger charge is -2.21. The van der Waals surface area contributed by atoms with Gasteiger partial charge in [0.2, 0.25) is 10.0 Å². The molecule has 0 aromatic carbocycles. The van der Waals surface area contributed by atoms with E-state index < -0.39 is 10.0 Å². The molecule has 0 radical (unpaired) electrons. The smallest absolute Gasteiger partial charge is 0.208 e. The zero-order valence-electron chi connectivity index (χ0n) is 17.1. The van der Waals surface area contributed by atoms with Gasteiger partial charge in [0.25, 0.3) is 0 Å². The van der Waals surface area contributed by atoms with Crippen LogP contribution in [0.15, 0.2) is 6.33 Å². The highest BCUT2D eigenvalue weighted by Crippen LogP contribution is 2.33. The summed E-state index contributed by atoms with van der Waals surface area (Å²) in [7, 11) is -3.11. The summed E-state index contributed by atoms with van der Waals surface area (Å²) in [6.07, 6.45) is 11.4. The first-order chi connectivity index (χ1) is 13.4. The number of nitrogens with zero attached hydrogens (tertiary/aromatic N) is 3. The molecule has 0 spiro atoms. The van der Waals surface area contributed by atoms with E-state index in [9.17, 15) is 8.42 Å². The predicted molar refractivity (Wildman–Crippen MR) is 113 cm³/mol. The van der Waals surface area contributed by atoms with Crippen molar-refractivity contribution in [3.63, 3.8) is 0 Å². The summed E-state index contributed by atoms with van der Waals surface area (Å²) < 4.78 is 27.2. The van der Waals surface area contributed by atoms with Crippen LogP contribution < -0.4 is 10.5 Å². The molecule has 1 atom stereocenters. The summed E-state index contributed by atoms with van der Waals surface area (Å²) in [6.45, 7) is 4.25. The normalized spacial score (nSPS) is 15.7. The summed E-state index contributed by atoms with van der Waals surface area (Å²) in [4.78, 5) is 9.80. The standard InChI is InChI=1S/C20H33N5O2S/c1-15(8-7-11-21)18-19-20(16-9-3-4-10-17(16)24-18)25(14-22-19)13-6-5-12-23-28(2,26)27/h14-15,23H,3-13,21H2,1-2H3. The Kier molecular flexibility index (Phi) is 7.06. The Bertz CT molecular complexity index is 907. The van der Waals surface area contributed by atoms with E-state index in [4.69, 9.17) is 15.7 Å². The number of rotatable bonds is 10. The van der Waals surface area contributed by atoms with Crippen LogP contribution in [0, 0.1) is 0 Å². The van der Waals surface area contributed by atoms with Crippen LogP contribution in [0.5, 0.6) is 0 Å². The highest BCUT2D eigenvalue weighted by Gasteiger charge is 2.23. The molecule has 0 fully saturated rings. The lowest BCUT2D eigenvalue weighted by Crippen LogP contribution is -2.23. The summed E-state index contributed by atoms with van der Waals surface area (Å²) in [5.41, 5.74) is 11.7. The number of pyridine rings is 1. The second kappa shape index (κ2) is 9.33. The number of fused-ring (bicyclic) bond motifs is 3. The minimum Gasteiger partial charge on any atom is -0.330 e. The number of nitrogens with one attached hydrogen (secondary N) is 1. The quantitative estimate of drug-likeness (QED) is 0.589. The summed E-state index contributed by atoms with van der Waals surface area (Å²) in [5.74, 6) is 0.348. The van der Waals surface area contributed by atoms with E-state index in [1.807, 2.05) is 6.33 Å². The monoisotopic (exact) mass is 407 g/mol. The summed E-state index contributed by atoms with van der Waals surface area (Å²) in [6, 6.07) is 0. The van der Waals surface area contributed by atoms with Crippen LogP contribution >= 0.6 is 0 Å². The van der Waals surface area contributed by atoms with Crippen LogP contribution in [0.3, 0.4) is 0 Å². The molecule has 0 bridgehead atoms. The van der Waals surface area contributed by atoms with Crippen molar-refractivity contribution in [2.45, 2.75) is 70.8 Å². The fourth-order valence-corrected chi connectivity index (χ4v) is 4.61. The van der Waals surface area contributed by atoms with Gasteiger partial charge in [-0.2, -0.15) is 0 Å². The number of hydrogen-bond acceptors (Lipinski definition) is 5. The van der Waals surface area contributed by atoms with Gasteiger partial charge in [0, 0.05) is 24.7 Å². The first-order valence-electron chi connectivity index (χ1n) is 10.4. The highest BCUT2D eigenvalue weighted by atomic mass is 32.2. The molecular weight excluding hydrogens is 374 g/mol. The Morgan fingerprint density at radius 1 is 1.25 bits per heavy atom. The lowest BCUT2D eigenvalue weighted by molar-refractivity contribution is 0.572. The van der Waals surface area contributed by atoms with Gasteiger partial charge in [-0.1, -0.05) is 6.92 Å². The number of unbranched alkanes of at least 4 members (excludes halogenated alkanes) is 1. The second-order valence-corrected chi connectivity index (χ2v) is 9.80. The number of sulfonamides is 1. The van der Waals surface area contributed by atoms with Crippen molar-refractivity contribution in [1.29, 1.82) is 0 Å². The van der Waals surface area contributed by atoms with Gasteiger partial charge >= 0.3 is 0 Å². The van der Waals surface area contributed by atoms with Gasteiger partial charge in [-0.05, 0) is 63.5 Å². The molecule has 156 valence electrons. The average molecular weight is 408 g/mol. The van der Waals surface area contributed by atoms with Crippen LogP contribution in [0.25, 0.3) is 11.0 Å². The molecule has 0 aliphatic heterocycles. The highest BCUT2D eigenvalue weighted by molar-refractivity contribution is 7.88. The molecule has 1 aliphatic rings. The molecule has 7 nitrogen and oxygen atoms in total. The molecule has 1 unspecified atom stereocenters. The van der Waals surface area contributed by atoms with E-state index in [2.05, 4.69) is 16.2 Å². The number of imidazole rings is 1. The maximum Gasteiger partial charge on any atom is 0.208 e. The fourth-order valence-electron chi connectivity index (χ4n) is 4.09. The predicted octanol–water partition coefficient (Wildman–Crippen LogP) is 2.48. The minimum absolute atomic E-state index is 0.348. The zero-order chi connectivity index (χ0) is 20.1. The molecule has 3 N–H and O–H groups in total. The molecule has 0 saturated carbocycles. The van der Waals surface area contributed by atoms with Crippen LogP contribution in [-0.2, 0) is 29.4 Å². The van der Waals surface area contributed by atoms with Gasteiger partial charge in [-0.15, -0.1) is 0 Å². The van der Waals surface area contributed by atoms with Crippen molar-refractivity contribution in [3.05, 3.63) is 23.3 Å². The van der Waals surface area contributed by atoms with Gasteiger partial charge in [0.1, 0.15) is 5.52 Å². The van der Waals surface area contributed by atoms with Gasteiger partial charge in [0.15, 0.2) is 0 Å². The molecule has 1 aliphatic carbocycles. The van der Waals surface area contributed by atoms with Crippen LogP contribution in [0.4, 0.5) is 0 Å². The summed E-state index contributed by atoms with van der Waals surface area (Å²) in [5, 5.41) is 0. The SMILES string of the molecule is CC(CCCN)c1nc2c(c3c1ncn3CCCCNS(C)(=O)=O)CCCC2. The Balaban J connectivity index is 1.83. The molecule has 2 aromatic rings. The molecule has 0 saturated heterocycles. The third-order valence-corrected chi connectivity index (χ3v) is 6.29. The number of aryl methyl sites for hydroxylation is 3. The van der Waals surface area contributed by atoms with Crippen LogP contribution in [0.2, 0.25) is 0 Å². The van der Waals surface area contributed by atoms with Crippen molar-refractivity contribution < 1.29 is 8.42 Å². The third-order valence-electron chi connectivity index (χ3n) is 5.56. The second-order valence-electron chi connectivity index (χ2n) is 7.97. The molecule has 0 amide bonds. The van der Waals surface area contributed by atoms with Crippen LogP contribution in [0.1, 0.15) is 68.3 Å². The fraction of sp³-hybridized carbons (Fsp3) is 0.700. The van der Waals surface area contributed by atoms with E-state index in [-0.39, 0.29) is 0 Å². The Labute approximate surface area is 168 Å². The average Bonchev–Trinajstić information content (AvgIpc) is 3.08. The van der Waals surface area contributed by atoms with Crippen molar-refractivity contribution in [2.24, 2.45) is 5.73 Å². The van der Waals surface area contributed by atoms with Crippen molar-refractivity contribution >= 4 is 21.1 Å². The first kappa shape index (κ1) is 21.2. The molecule has 2 aromatic heterocycles. The van der Waals surface area contributed by atoms with Crippen molar-refractivity contribution in [1.82, 2.24) is 19.3 Å². The number of aromatic nitrogens is 3. The molecule has 28 heavy (non-hydrogen) atoms. The zero-order valence-corrected chi connectivity index (χ0v) is 17.9. The van der Waals surface area contributed by atoms with E-state index in [0.717, 1.165) is 56.3 Å². The molecule has 8 heteroatoms. The maximum absolute atomic E-state index is 11.2. The van der Waals surface area contributed by atoms with Crippen molar-refractivity contribution in [3.8, 4) is 0 Å². The lowest BCUT2D eigenvalue weighted by atomic mass is 9.91. The van der Waals surface area contributed by atoms with E-state index in [1.54, 1.807) is 0 Å². The van der Waals surface area contributed by atoms with Gasteiger partial charge in [-0.3, -0.25) is 4.98 Å². The van der Waals surface area contributed by atoms with E-state index in [0.29, 0.717) is 19.0 Å². The third kappa shape index (κ3) is 5.10. The maximum atomic E-state index is 11.2. The Hall–Kier alpha value is -1.51.